The number of hydrogen-bond donors (Lipinski definition) is 1. The van der Waals surface area contributed by atoms with Gasteiger partial charge >= 0.3 is 5.97 Å². The molecule has 26 heavy (non-hydrogen) atoms. The van der Waals surface area contributed by atoms with E-state index < -0.39 is 5.97 Å². The van der Waals surface area contributed by atoms with Crippen LogP contribution in [0.15, 0.2) is 11.6 Å². The molecule has 0 saturated carbocycles. The topological polar surface area (TPSA) is 88.3 Å². The second kappa shape index (κ2) is 10.1. The van der Waals surface area contributed by atoms with Crippen molar-refractivity contribution in [3.8, 4) is 0 Å². The van der Waals surface area contributed by atoms with Crippen LogP contribution in [0.2, 0.25) is 0 Å². The summed E-state index contributed by atoms with van der Waals surface area (Å²) in [6, 6.07) is -0.159. The molecule has 3 rings (SSSR count). The van der Waals surface area contributed by atoms with Crippen LogP contribution in [0.3, 0.4) is 0 Å². The number of aromatic carboxylic acids is 1. The summed E-state index contributed by atoms with van der Waals surface area (Å²) in [5.74, 6) is -0.390. The summed E-state index contributed by atoms with van der Waals surface area (Å²) in [5, 5.41) is 11.2. The van der Waals surface area contributed by atoms with Gasteiger partial charge < -0.3 is 14.6 Å². The van der Waals surface area contributed by atoms with Crippen LogP contribution in [0.4, 0.5) is 0 Å². The highest BCUT2D eigenvalue weighted by atomic mass is 32.1. The standard InChI is InChI=1S/C14H16N4O3S.2C2H6/c1-8-15-9(6-17(8)2)13(19)18-5-3-4-11(18)12-16-10(7-22-12)14(20)21;2*1-2/h6-7,11H,3-5H2,1-2H3,(H,20,21);2*1-2H3. The highest BCUT2D eigenvalue weighted by molar-refractivity contribution is 7.09. The van der Waals surface area contributed by atoms with Crippen molar-refractivity contribution < 1.29 is 14.7 Å². The Kier molecular flexibility index (Phi) is 8.44. The molecule has 7 nitrogen and oxygen atoms in total. The van der Waals surface area contributed by atoms with Crippen molar-refractivity contribution in [2.75, 3.05) is 6.54 Å². The molecule has 0 radical (unpaired) electrons. The zero-order chi connectivity index (χ0) is 19.9. The largest absolute Gasteiger partial charge is 0.476 e. The van der Waals surface area contributed by atoms with Gasteiger partial charge in [0.2, 0.25) is 0 Å². The van der Waals surface area contributed by atoms with E-state index in [9.17, 15) is 9.59 Å². The molecule has 1 amide bonds. The van der Waals surface area contributed by atoms with E-state index in [1.807, 2.05) is 46.2 Å². The van der Waals surface area contributed by atoms with Crippen LogP contribution in [0, 0.1) is 6.92 Å². The molecule has 2 aromatic heterocycles. The third kappa shape index (κ3) is 4.69. The van der Waals surface area contributed by atoms with Gasteiger partial charge in [-0.05, 0) is 19.8 Å². The number of imidazole rings is 1. The maximum Gasteiger partial charge on any atom is 0.355 e. The molecule has 1 atom stereocenters. The third-order valence-corrected chi connectivity index (χ3v) is 4.81. The number of carboxylic acids is 1. The number of carbonyl (C=O) groups excluding carboxylic acids is 1. The van der Waals surface area contributed by atoms with Crippen LogP contribution in [0.25, 0.3) is 0 Å². The summed E-state index contributed by atoms with van der Waals surface area (Å²) in [6.45, 7) is 10.5. The minimum absolute atomic E-state index is 0.0352. The second-order valence-corrected chi connectivity index (χ2v) is 6.21. The first kappa shape index (κ1) is 21.8. The SMILES string of the molecule is CC.CC.Cc1nc(C(=O)N2CCCC2c2nc(C(=O)O)cs2)cn1C. The lowest BCUT2D eigenvalue weighted by atomic mass is 10.2. The lowest BCUT2D eigenvalue weighted by molar-refractivity contribution is 0.0691. The van der Waals surface area contributed by atoms with E-state index in [0.717, 1.165) is 18.7 Å². The number of carbonyl (C=O) groups is 2. The number of hydrogen-bond acceptors (Lipinski definition) is 5. The maximum absolute atomic E-state index is 12.6. The Morgan fingerprint density at radius 2 is 1.85 bits per heavy atom. The molecule has 0 aliphatic carbocycles. The predicted molar refractivity (Wildman–Crippen MR) is 103 cm³/mol. The van der Waals surface area contributed by atoms with E-state index in [2.05, 4.69) is 9.97 Å². The molecular weight excluding hydrogens is 352 g/mol. The predicted octanol–water partition coefficient (Wildman–Crippen LogP) is 3.91. The fourth-order valence-corrected chi connectivity index (χ4v) is 3.55. The molecule has 0 bridgehead atoms. The van der Waals surface area contributed by atoms with Crippen molar-refractivity contribution in [2.45, 2.75) is 53.5 Å². The molecule has 144 valence electrons. The number of aryl methyl sites for hydroxylation is 2. The van der Waals surface area contributed by atoms with Gasteiger partial charge in [-0.3, -0.25) is 4.79 Å². The minimum Gasteiger partial charge on any atom is -0.476 e. The molecule has 8 heteroatoms. The van der Waals surface area contributed by atoms with Crippen molar-refractivity contribution in [3.05, 3.63) is 33.8 Å². The Balaban J connectivity index is 0.000000791. The molecule has 1 aliphatic heterocycles. The highest BCUT2D eigenvalue weighted by Crippen LogP contribution is 2.34. The molecule has 3 heterocycles. The van der Waals surface area contributed by atoms with E-state index >= 15 is 0 Å². The van der Waals surface area contributed by atoms with Crippen LogP contribution in [0.1, 0.15) is 78.4 Å². The van der Waals surface area contributed by atoms with E-state index in [4.69, 9.17) is 5.11 Å². The molecule has 1 unspecified atom stereocenters. The fraction of sp³-hybridized carbons (Fsp3) is 0.556. The van der Waals surface area contributed by atoms with Gasteiger partial charge in [0, 0.05) is 25.2 Å². The maximum atomic E-state index is 12.6. The monoisotopic (exact) mass is 380 g/mol. The normalized spacial score (nSPS) is 15.6. The average molecular weight is 381 g/mol. The van der Waals surface area contributed by atoms with Crippen LogP contribution in [-0.4, -0.2) is 43.0 Å². The molecule has 1 saturated heterocycles. The van der Waals surface area contributed by atoms with Gasteiger partial charge in [0.1, 0.15) is 16.5 Å². The number of carboxylic acid groups (broad SMARTS) is 1. The molecule has 0 spiro atoms. The number of likely N-dealkylation sites (tertiary alicyclic amines) is 1. The van der Waals surface area contributed by atoms with E-state index in [-0.39, 0.29) is 17.6 Å². The summed E-state index contributed by atoms with van der Waals surface area (Å²) in [4.78, 5) is 33.8. The lowest BCUT2D eigenvalue weighted by Crippen LogP contribution is -2.30. The molecule has 2 aromatic rings. The van der Waals surface area contributed by atoms with Crippen LogP contribution in [-0.2, 0) is 7.05 Å². The zero-order valence-corrected chi connectivity index (χ0v) is 17.1. The fourth-order valence-electron chi connectivity index (χ4n) is 2.61. The first-order chi connectivity index (χ1) is 12.5. The van der Waals surface area contributed by atoms with Crippen molar-refractivity contribution in [1.82, 2.24) is 19.4 Å². The van der Waals surface area contributed by atoms with Crippen molar-refractivity contribution in [3.63, 3.8) is 0 Å². The molecular formula is C18H28N4O3S. The van der Waals surface area contributed by atoms with Crippen LogP contribution >= 0.6 is 11.3 Å². The Labute approximate surface area is 158 Å². The van der Waals surface area contributed by atoms with E-state index in [0.29, 0.717) is 17.2 Å². The number of nitrogens with zero attached hydrogens (tertiary/aromatic N) is 4. The molecule has 1 fully saturated rings. The third-order valence-electron chi connectivity index (χ3n) is 3.87. The summed E-state index contributed by atoms with van der Waals surface area (Å²) < 4.78 is 1.81. The Morgan fingerprint density at radius 3 is 2.35 bits per heavy atom. The smallest absolute Gasteiger partial charge is 0.355 e. The summed E-state index contributed by atoms with van der Waals surface area (Å²) in [5.41, 5.74) is 0.454. The number of rotatable bonds is 3. The zero-order valence-electron chi connectivity index (χ0n) is 16.3. The number of aromatic nitrogens is 3. The van der Waals surface area contributed by atoms with Gasteiger partial charge in [0.25, 0.3) is 5.91 Å². The average Bonchev–Trinajstić information content (AvgIpc) is 3.38. The minimum atomic E-state index is -1.04. The first-order valence-electron chi connectivity index (χ1n) is 8.97. The quantitative estimate of drug-likeness (QED) is 0.872. The number of thiazole rings is 1. The second-order valence-electron chi connectivity index (χ2n) is 5.32. The van der Waals surface area contributed by atoms with Gasteiger partial charge in [0.05, 0.1) is 6.04 Å². The summed E-state index contributed by atoms with van der Waals surface area (Å²) in [7, 11) is 1.85. The Bertz CT molecular complexity index is 719. The van der Waals surface area contributed by atoms with Gasteiger partial charge in [-0.15, -0.1) is 11.3 Å². The van der Waals surface area contributed by atoms with Gasteiger partial charge in [-0.25, -0.2) is 14.8 Å². The van der Waals surface area contributed by atoms with Crippen molar-refractivity contribution in [1.29, 1.82) is 0 Å². The van der Waals surface area contributed by atoms with Gasteiger partial charge in [-0.2, -0.15) is 0 Å². The summed E-state index contributed by atoms with van der Waals surface area (Å²) in [6.07, 6.45) is 3.39. The summed E-state index contributed by atoms with van der Waals surface area (Å²) >= 11 is 1.29. The van der Waals surface area contributed by atoms with Gasteiger partial charge in [-0.1, -0.05) is 27.7 Å². The van der Waals surface area contributed by atoms with Crippen molar-refractivity contribution >= 4 is 23.2 Å². The van der Waals surface area contributed by atoms with Crippen LogP contribution in [0.5, 0.6) is 0 Å². The Hall–Kier alpha value is -2.22. The van der Waals surface area contributed by atoms with Crippen LogP contribution < -0.4 is 0 Å². The van der Waals surface area contributed by atoms with Crippen molar-refractivity contribution in [2.24, 2.45) is 7.05 Å². The molecule has 0 aromatic carbocycles. The molecule has 1 N–H and O–H groups in total. The molecule has 1 aliphatic rings. The Morgan fingerprint density at radius 1 is 1.19 bits per heavy atom. The lowest BCUT2D eigenvalue weighted by Gasteiger charge is -2.22. The van der Waals surface area contributed by atoms with E-state index in [1.54, 1.807) is 11.1 Å². The van der Waals surface area contributed by atoms with E-state index in [1.165, 1.54) is 16.7 Å². The highest BCUT2D eigenvalue weighted by Gasteiger charge is 2.34. The number of amides is 1. The first-order valence-corrected chi connectivity index (χ1v) is 9.85. The van der Waals surface area contributed by atoms with Gasteiger partial charge in [0.15, 0.2) is 5.69 Å².